The van der Waals surface area contributed by atoms with Crippen LogP contribution in [0, 0.1) is 5.41 Å². The normalized spacial score (nSPS) is 11.1. The van der Waals surface area contributed by atoms with Gasteiger partial charge >= 0.3 is 0 Å². The van der Waals surface area contributed by atoms with Crippen LogP contribution in [0.15, 0.2) is 85.5 Å². The van der Waals surface area contributed by atoms with Gasteiger partial charge in [0.1, 0.15) is 0 Å². The van der Waals surface area contributed by atoms with E-state index in [9.17, 15) is 33.6 Å². The van der Waals surface area contributed by atoms with E-state index in [0.717, 1.165) is 38.5 Å². The lowest BCUT2D eigenvalue weighted by molar-refractivity contribution is -0.147. The highest BCUT2D eigenvalue weighted by Gasteiger charge is 2.29. The Kier molecular flexibility index (Phi) is 24.7. The second kappa shape index (κ2) is 31.6. The molecule has 0 aliphatic rings. The summed E-state index contributed by atoms with van der Waals surface area (Å²) < 4.78 is 5.24. The van der Waals surface area contributed by atoms with Crippen molar-refractivity contribution in [2.45, 2.75) is 52.0 Å². The molecular weight excluding hydrogens is 991 g/mol. The van der Waals surface area contributed by atoms with Gasteiger partial charge in [0.15, 0.2) is 0 Å². The van der Waals surface area contributed by atoms with Gasteiger partial charge in [-0.05, 0) is 67.0 Å². The van der Waals surface area contributed by atoms with Crippen molar-refractivity contribution in [2.24, 2.45) is 5.73 Å². The van der Waals surface area contributed by atoms with E-state index >= 15 is 0 Å². The van der Waals surface area contributed by atoms with Crippen molar-refractivity contribution in [3.8, 4) is 0 Å². The van der Waals surface area contributed by atoms with Gasteiger partial charge in [-0.15, -0.1) is 0 Å². The largest absolute Gasteiger partial charge is 0.388 e. The minimum absolute atomic E-state index is 0.0108. The van der Waals surface area contributed by atoms with E-state index in [1.807, 2.05) is 73.9 Å². The van der Waals surface area contributed by atoms with E-state index in [4.69, 9.17) is 15.9 Å². The van der Waals surface area contributed by atoms with E-state index in [2.05, 4.69) is 38.2 Å². The average Bonchev–Trinajstić information content (AvgIpc) is 4.04. The van der Waals surface area contributed by atoms with Gasteiger partial charge in [-0.3, -0.25) is 44.0 Å². The number of aromatic amines is 2. The number of amides is 7. The summed E-state index contributed by atoms with van der Waals surface area (Å²) in [5.41, 5.74) is 10.2. The Morgan fingerprint density at radius 3 is 1.76 bits per heavy atom. The van der Waals surface area contributed by atoms with Gasteiger partial charge < -0.3 is 60.5 Å². The molecule has 0 aliphatic carbocycles. The Bertz CT molecular complexity index is 2700. The second-order valence-electron chi connectivity index (χ2n) is 18.6. The van der Waals surface area contributed by atoms with Gasteiger partial charge in [-0.25, -0.2) is 0 Å². The molecule has 2 aromatic carbocycles. The number of unbranched alkanes of at least 4 members (excludes halogenated alkanes) is 1. The number of fused-ring (bicyclic) bond motifs is 2. The zero-order valence-electron chi connectivity index (χ0n) is 44.1. The molecule has 7 amide bonds. The van der Waals surface area contributed by atoms with Crippen molar-refractivity contribution in [3.63, 3.8) is 0 Å². The maximum atomic E-state index is 14.5. The van der Waals surface area contributed by atoms with E-state index in [1.54, 1.807) is 18.5 Å². The molecule has 410 valence electrons. The molecule has 0 saturated heterocycles. The number of carbonyl (C=O) groups is 7. The number of pyridine rings is 1. The molecule has 0 spiro atoms. The van der Waals surface area contributed by atoms with E-state index in [1.165, 1.54) is 43.6 Å². The first-order valence-electron chi connectivity index (χ1n) is 25.7. The first-order chi connectivity index (χ1) is 36.7. The smallest absolute Gasteiger partial charge is 0.242 e. The summed E-state index contributed by atoms with van der Waals surface area (Å²) in [5.74, 6) is -2.83. The summed E-state index contributed by atoms with van der Waals surface area (Å²) >= 11 is 4.20. The lowest BCUT2D eigenvalue weighted by atomic mass is 10.1. The number of aromatic nitrogens is 3. The number of hydrogen-bond donors (Lipinski definition) is 7. The van der Waals surface area contributed by atoms with Crippen molar-refractivity contribution in [1.82, 2.24) is 55.0 Å². The Morgan fingerprint density at radius 2 is 1.21 bits per heavy atom. The highest BCUT2D eigenvalue weighted by molar-refractivity contribution is 7.80. The number of H-pyrrole nitrogens is 2. The maximum absolute atomic E-state index is 14.5. The summed E-state index contributed by atoms with van der Waals surface area (Å²) in [4.78, 5) is 117. The summed E-state index contributed by atoms with van der Waals surface area (Å²) in [7, 11) is 2.93. The monoisotopic (exact) mass is 1070 g/mol. The number of likely N-dealkylation sites (N-methyl/N-ethyl adjacent to an activating group) is 1. The lowest BCUT2D eigenvalue weighted by Crippen LogP contribution is -2.52. The zero-order chi connectivity index (χ0) is 54.8. The van der Waals surface area contributed by atoms with Crippen molar-refractivity contribution >= 4 is 81.6 Å². The Labute approximate surface area is 450 Å². The van der Waals surface area contributed by atoms with Crippen LogP contribution >= 0.6 is 12.6 Å². The molecule has 21 nitrogen and oxygen atoms in total. The van der Waals surface area contributed by atoms with Gasteiger partial charge in [0.2, 0.25) is 41.4 Å². The van der Waals surface area contributed by atoms with Crippen LogP contribution in [0.1, 0.15) is 49.3 Å². The summed E-state index contributed by atoms with van der Waals surface area (Å²) in [6.07, 6.45) is 9.56. The number of thiol groups is 1. The van der Waals surface area contributed by atoms with Crippen LogP contribution in [0.2, 0.25) is 0 Å². The standard InChI is InChI=1S/C54H75N13O8S/c1-4-22-63(37-54(74)65(34-48(68)59-21-28-76)24-18-41-31-60-45-15-7-5-13-43(41)45)52(72)38-66(25-19-42-32-61-46-16-8-6-14-44(42)46)51(71)35-62(2)50(70)36-64(23-10-9-17-47(55)56)53(73)39-67(26-27-75-3)49(69)33-58-30-40-12-11-20-57-29-40/h5-8,11-16,20,29,31-32,58,60-61,76H,4,9-10,17-19,21-28,30,33-39H2,1-3H3,(H3,55,56)(H,59,68). The van der Waals surface area contributed by atoms with Gasteiger partial charge in [0.25, 0.3) is 0 Å². The Hall–Kier alpha value is -7.30. The van der Waals surface area contributed by atoms with Crippen LogP contribution < -0.4 is 16.4 Å². The van der Waals surface area contributed by atoms with Crippen molar-refractivity contribution in [1.29, 1.82) is 5.41 Å². The number of para-hydroxylation sites is 2. The van der Waals surface area contributed by atoms with Crippen molar-refractivity contribution in [2.75, 3.05) is 112 Å². The number of nitrogens with one attached hydrogen (secondary N) is 5. The number of hydrogen-bond acceptors (Lipinski definition) is 12. The number of rotatable bonds is 34. The van der Waals surface area contributed by atoms with E-state index in [0.29, 0.717) is 57.4 Å². The molecule has 0 saturated carbocycles. The minimum Gasteiger partial charge on any atom is -0.388 e. The molecule has 3 heterocycles. The molecule has 0 unspecified atom stereocenters. The third-order valence-electron chi connectivity index (χ3n) is 12.8. The van der Waals surface area contributed by atoms with Crippen molar-refractivity contribution in [3.05, 3.63) is 102 Å². The average molecular weight is 1070 g/mol. The summed E-state index contributed by atoms with van der Waals surface area (Å²) in [6.45, 7) is 1.22. The highest BCUT2D eigenvalue weighted by Crippen LogP contribution is 2.20. The number of benzene rings is 2. The first-order valence-corrected chi connectivity index (χ1v) is 26.4. The van der Waals surface area contributed by atoms with E-state index in [-0.39, 0.29) is 83.2 Å². The molecule has 5 rings (SSSR count). The van der Waals surface area contributed by atoms with Crippen LogP contribution in [0.5, 0.6) is 0 Å². The number of carbonyl (C=O) groups excluding carboxylic acids is 7. The quantitative estimate of drug-likeness (QED) is 0.0136. The Balaban J connectivity index is 1.31. The molecule has 5 aromatic rings. The molecule has 76 heavy (non-hydrogen) atoms. The third-order valence-corrected chi connectivity index (χ3v) is 13.0. The van der Waals surface area contributed by atoms with Crippen LogP contribution in [0.4, 0.5) is 0 Å². The van der Waals surface area contributed by atoms with Crippen molar-refractivity contribution < 1.29 is 38.3 Å². The Morgan fingerprint density at radius 1 is 0.671 bits per heavy atom. The molecule has 0 bridgehead atoms. The molecule has 0 fully saturated rings. The second-order valence-corrected chi connectivity index (χ2v) is 19.0. The first kappa shape index (κ1) is 59.6. The van der Waals surface area contributed by atoms with Gasteiger partial charge in [-0.2, -0.15) is 12.6 Å². The number of amidine groups is 1. The molecule has 0 atom stereocenters. The number of nitrogens with zero attached hydrogens (tertiary/aromatic N) is 7. The van der Waals surface area contributed by atoms with Crippen LogP contribution in [-0.2, 0) is 57.7 Å². The van der Waals surface area contributed by atoms with Gasteiger partial charge in [-0.1, -0.05) is 49.4 Å². The predicted molar refractivity (Wildman–Crippen MR) is 295 cm³/mol. The fourth-order valence-electron chi connectivity index (χ4n) is 8.55. The van der Waals surface area contributed by atoms with Crippen LogP contribution in [0.25, 0.3) is 21.8 Å². The molecule has 0 radical (unpaired) electrons. The SMILES string of the molecule is CCCN(CC(=O)N(CCc1c[nH]c2ccccc12)CC(=O)NCCS)C(=O)CN(CCc1c[nH]c2ccccc12)C(=O)CN(C)C(=O)CN(CCCCC(=N)N)C(=O)CN(CCOC)C(=O)CNCc1cccnc1. The highest BCUT2D eigenvalue weighted by atomic mass is 32.1. The molecular formula is C54H75N13O8S. The predicted octanol–water partition coefficient (Wildman–Crippen LogP) is 2.43. The molecule has 0 aliphatic heterocycles. The van der Waals surface area contributed by atoms with E-state index < -0.39 is 49.2 Å². The molecule has 22 heteroatoms. The van der Waals surface area contributed by atoms with Crippen LogP contribution in [0.3, 0.4) is 0 Å². The minimum atomic E-state index is -0.562. The topological polar surface area (TPSA) is 267 Å². The lowest BCUT2D eigenvalue weighted by Gasteiger charge is -2.31. The molecule has 3 aromatic heterocycles. The van der Waals surface area contributed by atoms with Gasteiger partial charge in [0, 0.05) is 119 Å². The summed E-state index contributed by atoms with van der Waals surface area (Å²) in [6, 6.07) is 19.2. The van der Waals surface area contributed by atoms with Crippen LogP contribution in [-0.4, -0.2) is 203 Å². The number of nitrogens with two attached hydrogens (primary N) is 1. The zero-order valence-corrected chi connectivity index (χ0v) is 45.0. The van der Waals surface area contributed by atoms with Gasteiger partial charge in [0.05, 0.1) is 58.3 Å². The summed E-state index contributed by atoms with van der Waals surface area (Å²) in [5, 5.41) is 15.5. The number of ether oxygens (including phenoxy) is 1. The molecule has 7 N–H and O–H groups in total. The maximum Gasteiger partial charge on any atom is 0.242 e. The number of methoxy groups -OCH3 is 1. The fraction of sp³-hybridized carbons (Fsp3) is 0.463. The fourth-order valence-corrected chi connectivity index (χ4v) is 8.67. The third kappa shape index (κ3) is 19.1.